The number of aliphatic carboxylic acids is 1. The van der Waals surface area contributed by atoms with Crippen molar-refractivity contribution in [3.05, 3.63) is 53.0 Å². The zero-order chi connectivity index (χ0) is 18.4. The average Bonchev–Trinajstić information content (AvgIpc) is 3.09. The predicted molar refractivity (Wildman–Crippen MR) is 92.9 cm³/mol. The Hall–Kier alpha value is -3.42. The fraction of sp³-hybridized carbons (Fsp3) is 0.167. The number of carbonyl (C=O) groups excluding carboxylic acids is 1. The molecule has 8 heteroatoms. The number of H-pyrrole nitrogens is 1. The molecule has 0 fully saturated rings. The standard InChI is InChI=1S/C18H15FN4O3/c1-9-16-12(19)5-11(6-14(16)22-21-9)20-13-4-2-3-10-7-23(8-15(24)25)18(26)17(10)13/h2-6,20H,7-8H2,1H3,(H,21,22)(H,24,25). The fourth-order valence-corrected chi connectivity index (χ4v) is 3.31. The molecule has 0 atom stereocenters. The molecule has 0 bridgehead atoms. The second-order valence-corrected chi connectivity index (χ2v) is 6.21. The third kappa shape index (κ3) is 2.55. The van der Waals surface area contributed by atoms with Gasteiger partial charge in [-0.3, -0.25) is 14.7 Å². The maximum atomic E-state index is 14.4. The molecule has 0 aliphatic carbocycles. The molecule has 1 amide bonds. The minimum atomic E-state index is -1.07. The number of aryl methyl sites for hydroxylation is 1. The second-order valence-electron chi connectivity index (χ2n) is 6.21. The first-order valence-electron chi connectivity index (χ1n) is 7.98. The van der Waals surface area contributed by atoms with E-state index in [1.165, 1.54) is 11.0 Å². The van der Waals surface area contributed by atoms with Crippen LogP contribution in [0.1, 0.15) is 21.6 Å². The monoisotopic (exact) mass is 354 g/mol. The van der Waals surface area contributed by atoms with Gasteiger partial charge >= 0.3 is 5.97 Å². The normalized spacial score (nSPS) is 13.3. The Morgan fingerprint density at radius 1 is 1.42 bits per heavy atom. The number of benzene rings is 2. The van der Waals surface area contributed by atoms with Gasteiger partial charge in [0.15, 0.2) is 0 Å². The molecule has 2 aromatic carbocycles. The molecule has 1 aliphatic rings. The summed E-state index contributed by atoms with van der Waals surface area (Å²) in [5.41, 5.74) is 3.25. The van der Waals surface area contributed by atoms with Crippen molar-refractivity contribution in [1.82, 2.24) is 15.1 Å². The van der Waals surface area contributed by atoms with Gasteiger partial charge in [0.1, 0.15) is 12.4 Å². The fourth-order valence-electron chi connectivity index (χ4n) is 3.31. The van der Waals surface area contributed by atoms with Crippen molar-refractivity contribution < 1.29 is 19.1 Å². The molecule has 132 valence electrons. The van der Waals surface area contributed by atoms with Crippen molar-refractivity contribution in [2.24, 2.45) is 0 Å². The molecule has 1 aromatic heterocycles. The summed E-state index contributed by atoms with van der Waals surface area (Å²) in [6.07, 6.45) is 0. The highest BCUT2D eigenvalue weighted by atomic mass is 19.1. The SMILES string of the molecule is Cc1n[nH]c2cc(Nc3cccc4c3C(=O)N(CC(=O)O)C4)cc(F)c12. The molecule has 7 nitrogen and oxygen atoms in total. The lowest BCUT2D eigenvalue weighted by molar-refractivity contribution is -0.137. The van der Waals surface area contributed by atoms with Gasteiger partial charge in [-0.1, -0.05) is 12.1 Å². The molecular weight excluding hydrogens is 339 g/mol. The van der Waals surface area contributed by atoms with Crippen molar-refractivity contribution in [3.63, 3.8) is 0 Å². The van der Waals surface area contributed by atoms with Crippen molar-refractivity contribution in [2.75, 3.05) is 11.9 Å². The van der Waals surface area contributed by atoms with Crippen LogP contribution in [-0.2, 0) is 11.3 Å². The zero-order valence-corrected chi connectivity index (χ0v) is 13.8. The Morgan fingerprint density at radius 2 is 2.23 bits per heavy atom. The van der Waals surface area contributed by atoms with Crippen molar-refractivity contribution in [2.45, 2.75) is 13.5 Å². The van der Waals surface area contributed by atoms with E-state index < -0.39 is 11.8 Å². The van der Waals surface area contributed by atoms with E-state index in [0.717, 1.165) is 5.56 Å². The molecule has 26 heavy (non-hydrogen) atoms. The number of nitrogens with zero attached hydrogens (tertiary/aromatic N) is 2. The second kappa shape index (κ2) is 5.83. The number of carboxylic acids is 1. The summed E-state index contributed by atoms with van der Waals surface area (Å²) >= 11 is 0. The van der Waals surface area contributed by atoms with Crippen LogP contribution in [0.4, 0.5) is 15.8 Å². The number of anilines is 2. The van der Waals surface area contributed by atoms with Crippen LogP contribution in [0.2, 0.25) is 0 Å². The van der Waals surface area contributed by atoms with Crippen LogP contribution in [0.3, 0.4) is 0 Å². The van der Waals surface area contributed by atoms with E-state index in [9.17, 15) is 14.0 Å². The summed E-state index contributed by atoms with van der Waals surface area (Å²) < 4.78 is 14.4. The summed E-state index contributed by atoms with van der Waals surface area (Å²) in [4.78, 5) is 24.8. The largest absolute Gasteiger partial charge is 0.480 e. The van der Waals surface area contributed by atoms with E-state index >= 15 is 0 Å². The van der Waals surface area contributed by atoms with E-state index in [0.29, 0.717) is 33.5 Å². The summed E-state index contributed by atoms with van der Waals surface area (Å²) in [6.45, 7) is 1.60. The number of hydrogen-bond acceptors (Lipinski definition) is 4. The summed E-state index contributed by atoms with van der Waals surface area (Å²) in [5, 5.41) is 19.2. The highest BCUT2D eigenvalue weighted by Crippen LogP contribution is 2.32. The Balaban J connectivity index is 1.70. The topological polar surface area (TPSA) is 98.3 Å². The molecule has 1 aliphatic heterocycles. The van der Waals surface area contributed by atoms with E-state index in [-0.39, 0.29) is 19.0 Å². The number of carbonyl (C=O) groups is 2. The van der Waals surface area contributed by atoms with Crippen molar-refractivity contribution in [1.29, 1.82) is 0 Å². The maximum absolute atomic E-state index is 14.4. The van der Waals surface area contributed by atoms with Gasteiger partial charge in [0.05, 0.1) is 27.8 Å². The molecule has 2 heterocycles. The number of aromatic nitrogens is 2. The number of aromatic amines is 1. The van der Waals surface area contributed by atoms with Crippen LogP contribution in [0, 0.1) is 12.7 Å². The maximum Gasteiger partial charge on any atom is 0.323 e. The molecular formula is C18H15FN4O3. The first-order chi connectivity index (χ1) is 12.4. The minimum absolute atomic E-state index is 0.239. The van der Waals surface area contributed by atoms with Gasteiger partial charge in [-0.25, -0.2) is 4.39 Å². The van der Waals surface area contributed by atoms with Crippen LogP contribution < -0.4 is 5.32 Å². The van der Waals surface area contributed by atoms with E-state index in [1.54, 1.807) is 31.2 Å². The predicted octanol–water partition coefficient (Wildman–Crippen LogP) is 2.79. The first-order valence-corrected chi connectivity index (χ1v) is 7.98. The molecule has 0 saturated carbocycles. The van der Waals surface area contributed by atoms with Crippen LogP contribution in [0.5, 0.6) is 0 Å². The average molecular weight is 354 g/mol. The zero-order valence-electron chi connectivity index (χ0n) is 13.8. The number of carboxylic acid groups (broad SMARTS) is 1. The van der Waals surface area contributed by atoms with Gasteiger partial charge in [-0.05, 0) is 30.7 Å². The number of halogens is 1. The molecule has 0 radical (unpaired) electrons. The molecule has 3 aromatic rings. The smallest absolute Gasteiger partial charge is 0.323 e. The first kappa shape index (κ1) is 16.1. The third-order valence-electron chi connectivity index (χ3n) is 4.41. The number of amides is 1. The molecule has 0 saturated heterocycles. The lowest BCUT2D eigenvalue weighted by Crippen LogP contribution is -2.30. The number of hydrogen-bond donors (Lipinski definition) is 3. The van der Waals surface area contributed by atoms with Crippen molar-refractivity contribution >= 4 is 34.2 Å². The Morgan fingerprint density at radius 3 is 3.00 bits per heavy atom. The van der Waals surface area contributed by atoms with Crippen LogP contribution in [0.25, 0.3) is 10.9 Å². The van der Waals surface area contributed by atoms with Gasteiger partial charge in [0.2, 0.25) is 0 Å². The summed E-state index contributed by atoms with van der Waals surface area (Å²) in [6, 6.07) is 8.32. The van der Waals surface area contributed by atoms with Gasteiger partial charge in [0, 0.05) is 12.2 Å². The molecule has 4 rings (SSSR count). The Bertz CT molecular complexity index is 1060. The summed E-state index contributed by atoms with van der Waals surface area (Å²) in [5.74, 6) is -1.84. The van der Waals surface area contributed by atoms with E-state index in [1.807, 2.05) is 0 Å². The highest BCUT2D eigenvalue weighted by Gasteiger charge is 2.31. The van der Waals surface area contributed by atoms with E-state index in [2.05, 4.69) is 15.5 Å². The quantitative estimate of drug-likeness (QED) is 0.669. The van der Waals surface area contributed by atoms with Crippen LogP contribution in [-0.4, -0.2) is 38.6 Å². The number of nitrogens with one attached hydrogen (secondary N) is 2. The highest BCUT2D eigenvalue weighted by molar-refractivity contribution is 6.05. The van der Waals surface area contributed by atoms with Gasteiger partial charge in [-0.2, -0.15) is 5.10 Å². The summed E-state index contributed by atoms with van der Waals surface area (Å²) in [7, 11) is 0. The van der Waals surface area contributed by atoms with Gasteiger partial charge < -0.3 is 15.3 Å². The number of fused-ring (bicyclic) bond motifs is 2. The Kier molecular flexibility index (Phi) is 3.61. The molecule has 0 unspecified atom stereocenters. The molecule has 3 N–H and O–H groups in total. The minimum Gasteiger partial charge on any atom is -0.480 e. The van der Waals surface area contributed by atoms with Crippen molar-refractivity contribution in [3.8, 4) is 0 Å². The van der Waals surface area contributed by atoms with E-state index in [4.69, 9.17) is 5.11 Å². The molecule has 0 spiro atoms. The number of rotatable bonds is 4. The lowest BCUT2D eigenvalue weighted by atomic mass is 10.1. The van der Waals surface area contributed by atoms with Gasteiger partial charge in [0.25, 0.3) is 5.91 Å². The van der Waals surface area contributed by atoms with Crippen LogP contribution in [0.15, 0.2) is 30.3 Å². The Labute approximate surface area is 147 Å². The third-order valence-corrected chi connectivity index (χ3v) is 4.41. The lowest BCUT2D eigenvalue weighted by Gasteiger charge is -2.13. The van der Waals surface area contributed by atoms with Crippen LogP contribution >= 0.6 is 0 Å². The van der Waals surface area contributed by atoms with Gasteiger partial charge in [-0.15, -0.1) is 0 Å².